The third-order valence-electron chi connectivity index (χ3n) is 7.28. The average molecular weight is 446 g/mol. The smallest absolute Gasteiger partial charge is 0.108 e. The largest absolute Gasteiger partial charge is 0.369 e. The molecule has 2 aliphatic heterocycles. The highest BCUT2D eigenvalue weighted by atomic mass is 35.5. The van der Waals surface area contributed by atoms with E-state index in [1.54, 1.807) is 0 Å². The molecule has 5 rings (SSSR count). The van der Waals surface area contributed by atoms with Crippen molar-refractivity contribution in [2.75, 3.05) is 6.61 Å². The summed E-state index contributed by atoms with van der Waals surface area (Å²) < 4.78 is 6.51. The number of fused-ring (bicyclic) bond motifs is 2. The van der Waals surface area contributed by atoms with E-state index >= 15 is 0 Å². The van der Waals surface area contributed by atoms with E-state index in [-0.39, 0.29) is 6.10 Å². The summed E-state index contributed by atoms with van der Waals surface area (Å²) in [6.45, 7) is 1.90. The van der Waals surface area contributed by atoms with Crippen molar-refractivity contribution < 1.29 is 4.74 Å². The van der Waals surface area contributed by atoms with Crippen LogP contribution in [-0.4, -0.2) is 23.6 Å². The Kier molecular flexibility index (Phi) is 6.92. The highest BCUT2D eigenvalue weighted by Gasteiger charge is 2.40. The van der Waals surface area contributed by atoms with Gasteiger partial charge in [0.25, 0.3) is 0 Å². The minimum atomic E-state index is -0.0386. The van der Waals surface area contributed by atoms with Gasteiger partial charge in [0.05, 0.1) is 0 Å². The van der Waals surface area contributed by atoms with Gasteiger partial charge in [-0.3, -0.25) is 4.90 Å². The number of hydrogen-bond donors (Lipinski definition) is 0. The molecule has 0 aliphatic carbocycles. The van der Waals surface area contributed by atoms with Crippen molar-refractivity contribution in [1.29, 1.82) is 0 Å². The molecule has 0 amide bonds. The quantitative estimate of drug-likeness (QED) is 0.361. The lowest BCUT2D eigenvalue weighted by molar-refractivity contribution is 0.0442. The van der Waals surface area contributed by atoms with Crippen molar-refractivity contribution in [2.45, 2.75) is 56.8 Å². The van der Waals surface area contributed by atoms with Gasteiger partial charge < -0.3 is 4.74 Å². The van der Waals surface area contributed by atoms with Crippen LogP contribution in [0.15, 0.2) is 84.9 Å². The number of benzene rings is 3. The standard InChI is InChI=1S/C29H32ClNO/c30-26-13-11-25(12-14-26)29(24-9-5-2-6-10-24)32-18-17-23-19-27-15-16-28(20-23)31(27)21-22-7-3-1-4-8-22/h1-14,23,27-29H,15-21H2. The summed E-state index contributed by atoms with van der Waals surface area (Å²) in [4.78, 5) is 2.77. The van der Waals surface area contributed by atoms with Gasteiger partial charge in [-0.15, -0.1) is 0 Å². The zero-order valence-corrected chi connectivity index (χ0v) is 19.3. The van der Waals surface area contributed by atoms with Crippen molar-refractivity contribution in [3.05, 3.63) is 107 Å². The van der Waals surface area contributed by atoms with Crippen LogP contribution in [0.1, 0.15) is 54.9 Å². The van der Waals surface area contributed by atoms with Crippen molar-refractivity contribution in [3.8, 4) is 0 Å². The monoisotopic (exact) mass is 445 g/mol. The first-order chi connectivity index (χ1) is 15.8. The van der Waals surface area contributed by atoms with Crippen molar-refractivity contribution in [1.82, 2.24) is 4.90 Å². The summed E-state index contributed by atoms with van der Waals surface area (Å²) in [6.07, 6.45) is 6.43. The molecule has 2 heterocycles. The molecule has 0 saturated carbocycles. The average Bonchev–Trinajstić information content (AvgIpc) is 3.06. The van der Waals surface area contributed by atoms with Crippen LogP contribution in [0.3, 0.4) is 0 Å². The van der Waals surface area contributed by atoms with Crippen LogP contribution in [0.2, 0.25) is 5.02 Å². The van der Waals surface area contributed by atoms with Gasteiger partial charge in [0.15, 0.2) is 0 Å². The number of hydrogen-bond acceptors (Lipinski definition) is 2. The molecule has 0 aromatic heterocycles. The van der Waals surface area contributed by atoms with Crippen LogP contribution in [0.5, 0.6) is 0 Å². The van der Waals surface area contributed by atoms with E-state index in [9.17, 15) is 0 Å². The maximum Gasteiger partial charge on any atom is 0.108 e. The van der Waals surface area contributed by atoms with E-state index in [1.165, 1.54) is 42.4 Å². The summed E-state index contributed by atoms with van der Waals surface area (Å²) >= 11 is 6.12. The maximum absolute atomic E-state index is 6.51. The molecule has 2 bridgehead atoms. The molecular weight excluding hydrogens is 414 g/mol. The van der Waals surface area contributed by atoms with E-state index in [0.717, 1.165) is 42.6 Å². The van der Waals surface area contributed by atoms with Gasteiger partial charge in [-0.25, -0.2) is 0 Å². The van der Waals surface area contributed by atoms with E-state index in [0.29, 0.717) is 0 Å². The third kappa shape index (κ3) is 5.09. The molecule has 3 unspecified atom stereocenters. The van der Waals surface area contributed by atoms with E-state index in [4.69, 9.17) is 16.3 Å². The van der Waals surface area contributed by atoms with Gasteiger partial charge in [-0.1, -0.05) is 84.4 Å². The summed E-state index contributed by atoms with van der Waals surface area (Å²) in [5.41, 5.74) is 3.81. The first-order valence-electron chi connectivity index (χ1n) is 12.0. The molecule has 2 saturated heterocycles. The Morgan fingerprint density at radius 1 is 0.781 bits per heavy atom. The minimum Gasteiger partial charge on any atom is -0.369 e. The van der Waals surface area contributed by atoms with E-state index < -0.39 is 0 Å². The van der Waals surface area contributed by atoms with Crippen molar-refractivity contribution in [2.24, 2.45) is 5.92 Å². The van der Waals surface area contributed by atoms with Crippen LogP contribution in [0.4, 0.5) is 0 Å². The van der Waals surface area contributed by atoms with E-state index in [2.05, 4.69) is 77.7 Å². The molecule has 0 radical (unpaired) electrons. The molecule has 3 aromatic carbocycles. The van der Waals surface area contributed by atoms with Crippen LogP contribution in [-0.2, 0) is 11.3 Å². The number of nitrogens with zero attached hydrogens (tertiary/aromatic N) is 1. The highest BCUT2D eigenvalue weighted by molar-refractivity contribution is 6.30. The second-order valence-electron chi connectivity index (χ2n) is 9.38. The van der Waals surface area contributed by atoms with Gasteiger partial charge in [0.2, 0.25) is 0 Å². The first kappa shape index (κ1) is 21.7. The molecule has 166 valence electrons. The van der Waals surface area contributed by atoms with Crippen LogP contribution in [0.25, 0.3) is 0 Å². The van der Waals surface area contributed by atoms with Crippen molar-refractivity contribution >= 4 is 11.6 Å². The maximum atomic E-state index is 6.51. The number of halogens is 1. The highest BCUT2D eigenvalue weighted by Crippen LogP contribution is 2.41. The third-order valence-corrected chi connectivity index (χ3v) is 7.53. The predicted octanol–water partition coefficient (Wildman–Crippen LogP) is 7.28. The zero-order valence-electron chi connectivity index (χ0n) is 18.6. The zero-order chi connectivity index (χ0) is 21.8. The molecule has 2 nitrogen and oxygen atoms in total. The number of ether oxygens (including phenoxy) is 1. The summed E-state index contributed by atoms with van der Waals surface area (Å²) in [6, 6.07) is 31.0. The molecule has 2 aliphatic rings. The Morgan fingerprint density at radius 2 is 1.38 bits per heavy atom. The SMILES string of the molecule is Clc1ccc(C(OCCC2CC3CCC(C2)N3Cc2ccccc2)c2ccccc2)cc1. The Morgan fingerprint density at radius 3 is 2.03 bits per heavy atom. The molecule has 32 heavy (non-hydrogen) atoms. The fraction of sp³-hybridized carbons (Fsp3) is 0.379. The lowest BCUT2D eigenvalue weighted by Gasteiger charge is -2.39. The molecule has 2 fully saturated rings. The van der Waals surface area contributed by atoms with Gasteiger partial charge in [0, 0.05) is 30.3 Å². The Labute approximate surface area is 197 Å². The number of piperidine rings is 1. The Balaban J connectivity index is 1.19. The second kappa shape index (κ2) is 10.2. The summed E-state index contributed by atoms with van der Waals surface area (Å²) in [7, 11) is 0. The predicted molar refractivity (Wildman–Crippen MR) is 132 cm³/mol. The molecule has 0 spiro atoms. The summed E-state index contributed by atoms with van der Waals surface area (Å²) in [5.74, 6) is 0.765. The Bertz CT molecular complexity index is 961. The lowest BCUT2D eigenvalue weighted by atomic mass is 9.88. The van der Waals surface area contributed by atoms with Gasteiger partial charge in [-0.05, 0) is 66.8 Å². The van der Waals surface area contributed by atoms with E-state index in [1.807, 2.05) is 12.1 Å². The van der Waals surface area contributed by atoms with Crippen LogP contribution < -0.4 is 0 Å². The fourth-order valence-electron chi connectivity index (χ4n) is 5.68. The molecular formula is C29H32ClNO. The second-order valence-corrected chi connectivity index (χ2v) is 9.82. The van der Waals surface area contributed by atoms with Gasteiger partial charge in [0.1, 0.15) is 6.10 Å². The van der Waals surface area contributed by atoms with Gasteiger partial charge in [-0.2, -0.15) is 0 Å². The number of rotatable bonds is 8. The minimum absolute atomic E-state index is 0.0386. The van der Waals surface area contributed by atoms with Gasteiger partial charge >= 0.3 is 0 Å². The lowest BCUT2D eigenvalue weighted by Crippen LogP contribution is -2.42. The molecule has 3 aromatic rings. The topological polar surface area (TPSA) is 12.5 Å². The first-order valence-corrected chi connectivity index (χ1v) is 12.4. The normalized spacial score (nSPS) is 23.8. The molecule has 0 N–H and O–H groups in total. The van der Waals surface area contributed by atoms with Crippen LogP contribution in [0, 0.1) is 5.92 Å². The molecule has 3 heteroatoms. The Hall–Kier alpha value is -2.13. The van der Waals surface area contributed by atoms with Crippen LogP contribution >= 0.6 is 11.6 Å². The molecule has 3 atom stereocenters. The van der Waals surface area contributed by atoms with Crippen molar-refractivity contribution in [3.63, 3.8) is 0 Å². The summed E-state index contributed by atoms with van der Waals surface area (Å²) in [5, 5.41) is 0.762. The fourth-order valence-corrected chi connectivity index (χ4v) is 5.80.